The predicted molar refractivity (Wildman–Crippen MR) is 106 cm³/mol. The molecular weight excluding hydrogens is 396 g/mol. The number of carbonyl (C=O) groups excluding carboxylic acids is 2. The summed E-state index contributed by atoms with van der Waals surface area (Å²) < 4.78 is 38.0. The number of nitrogens with zero attached hydrogens (tertiary/aromatic N) is 1. The van der Waals surface area contributed by atoms with Gasteiger partial charge in [-0.2, -0.15) is 4.31 Å². The average molecular weight is 425 g/mol. The van der Waals surface area contributed by atoms with Gasteiger partial charge in [-0.3, -0.25) is 4.79 Å². The van der Waals surface area contributed by atoms with Gasteiger partial charge in [-0.1, -0.05) is 12.8 Å². The van der Waals surface area contributed by atoms with Crippen LogP contribution in [0.5, 0.6) is 5.75 Å². The number of methoxy groups -OCH3 is 1. The highest BCUT2D eigenvalue weighted by atomic mass is 32.2. The first-order valence-electron chi connectivity index (χ1n) is 10.0. The van der Waals surface area contributed by atoms with Crippen molar-refractivity contribution in [1.29, 1.82) is 0 Å². The van der Waals surface area contributed by atoms with Gasteiger partial charge in [-0.25, -0.2) is 13.2 Å². The first-order valence-corrected chi connectivity index (χ1v) is 11.5. The fourth-order valence-electron chi connectivity index (χ4n) is 3.26. The molecule has 0 aromatic heterocycles. The third kappa shape index (κ3) is 5.27. The van der Waals surface area contributed by atoms with Gasteiger partial charge in [0.2, 0.25) is 10.0 Å². The minimum Gasteiger partial charge on any atom is -0.496 e. The number of nitrogens with one attached hydrogen (secondary N) is 1. The Morgan fingerprint density at radius 1 is 1.14 bits per heavy atom. The van der Waals surface area contributed by atoms with Crippen LogP contribution in [0, 0.1) is 0 Å². The van der Waals surface area contributed by atoms with E-state index in [0.29, 0.717) is 13.1 Å². The first kappa shape index (κ1) is 21.6. The van der Waals surface area contributed by atoms with Crippen molar-refractivity contribution in [1.82, 2.24) is 9.62 Å². The van der Waals surface area contributed by atoms with Crippen LogP contribution < -0.4 is 10.1 Å². The van der Waals surface area contributed by atoms with Crippen molar-refractivity contribution < 1.29 is 27.5 Å². The zero-order chi connectivity index (χ0) is 21.0. The number of rotatable bonds is 7. The molecule has 1 amide bonds. The molecule has 29 heavy (non-hydrogen) atoms. The lowest BCUT2D eigenvalue weighted by molar-refractivity contribution is -0.129. The van der Waals surface area contributed by atoms with Gasteiger partial charge in [0.25, 0.3) is 5.91 Å². The van der Waals surface area contributed by atoms with Crippen LogP contribution in [0.25, 0.3) is 0 Å². The van der Waals surface area contributed by atoms with E-state index in [-0.39, 0.29) is 28.2 Å². The molecule has 160 valence electrons. The number of sulfonamides is 1. The number of hydrogen-bond acceptors (Lipinski definition) is 6. The van der Waals surface area contributed by atoms with E-state index >= 15 is 0 Å². The predicted octanol–water partition coefficient (Wildman–Crippen LogP) is 2.08. The Bertz CT molecular complexity index is 858. The molecule has 1 aliphatic carbocycles. The lowest BCUT2D eigenvalue weighted by Gasteiger charge is -2.21. The van der Waals surface area contributed by atoms with Crippen LogP contribution >= 0.6 is 0 Å². The highest BCUT2D eigenvalue weighted by molar-refractivity contribution is 7.89. The van der Waals surface area contributed by atoms with Crippen LogP contribution in [0.4, 0.5) is 0 Å². The number of benzene rings is 1. The Morgan fingerprint density at radius 3 is 2.38 bits per heavy atom. The number of carbonyl (C=O) groups is 2. The lowest BCUT2D eigenvalue weighted by Crippen LogP contribution is -2.37. The van der Waals surface area contributed by atoms with Crippen LogP contribution in [0.15, 0.2) is 23.1 Å². The van der Waals surface area contributed by atoms with E-state index in [0.717, 1.165) is 38.5 Å². The quantitative estimate of drug-likeness (QED) is 0.673. The average Bonchev–Trinajstić information content (AvgIpc) is 3.54. The minimum absolute atomic E-state index is 0.0160. The Labute approximate surface area is 171 Å². The molecule has 3 rings (SSSR count). The highest BCUT2D eigenvalue weighted by Crippen LogP contribution is 2.27. The summed E-state index contributed by atoms with van der Waals surface area (Å²) in [5, 5.41) is 2.77. The van der Waals surface area contributed by atoms with Crippen molar-refractivity contribution in [3.05, 3.63) is 23.8 Å². The number of hydrogen-bond donors (Lipinski definition) is 1. The minimum atomic E-state index is -3.73. The van der Waals surface area contributed by atoms with Crippen molar-refractivity contribution in [2.45, 2.75) is 62.5 Å². The Kier molecular flexibility index (Phi) is 6.79. The maximum absolute atomic E-state index is 13.0. The summed E-state index contributed by atoms with van der Waals surface area (Å²) in [6.45, 7) is 2.42. The van der Waals surface area contributed by atoms with Gasteiger partial charge in [0.1, 0.15) is 11.3 Å². The molecule has 1 aliphatic heterocycles. The molecule has 9 heteroatoms. The smallest absolute Gasteiger partial charge is 0.342 e. The third-order valence-corrected chi connectivity index (χ3v) is 7.07. The van der Waals surface area contributed by atoms with Gasteiger partial charge in [0.15, 0.2) is 6.10 Å². The molecule has 2 aliphatic rings. The van der Waals surface area contributed by atoms with E-state index in [9.17, 15) is 18.0 Å². The lowest BCUT2D eigenvalue weighted by atomic mass is 10.2. The number of ether oxygens (including phenoxy) is 2. The van der Waals surface area contributed by atoms with Gasteiger partial charge >= 0.3 is 5.97 Å². The molecule has 1 saturated carbocycles. The Morgan fingerprint density at radius 2 is 1.79 bits per heavy atom. The zero-order valence-electron chi connectivity index (χ0n) is 16.8. The molecule has 1 heterocycles. The SMILES string of the molecule is COc1ccc(S(=O)(=O)N2CCCCCC2)cc1C(=O)O[C@H](C)C(=O)NC1CC1. The summed E-state index contributed by atoms with van der Waals surface area (Å²) >= 11 is 0. The van der Waals surface area contributed by atoms with E-state index in [1.807, 2.05) is 0 Å². The summed E-state index contributed by atoms with van der Waals surface area (Å²) in [6, 6.07) is 4.29. The maximum Gasteiger partial charge on any atom is 0.342 e. The topological polar surface area (TPSA) is 102 Å². The van der Waals surface area contributed by atoms with Crippen LogP contribution in [-0.2, 0) is 19.6 Å². The third-order valence-electron chi connectivity index (χ3n) is 5.17. The molecule has 1 saturated heterocycles. The second kappa shape index (κ2) is 9.13. The molecule has 2 fully saturated rings. The van der Waals surface area contributed by atoms with Crippen molar-refractivity contribution in [2.75, 3.05) is 20.2 Å². The maximum atomic E-state index is 13.0. The Balaban J connectivity index is 1.80. The largest absolute Gasteiger partial charge is 0.496 e. The van der Waals surface area contributed by atoms with Crippen molar-refractivity contribution in [2.24, 2.45) is 0 Å². The molecular formula is C20H28N2O6S. The van der Waals surface area contributed by atoms with Crippen LogP contribution in [0.3, 0.4) is 0 Å². The normalized spacial score (nSPS) is 19.1. The number of esters is 1. The van der Waals surface area contributed by atoms with Crippen molar-refractivity contribution >= 4 is 21.9 Å². The zero-order valence-corrected chi connectivity index (χ0v) is 17.7. The van der Waals surface area contributed by atoms with Crippen LogP contribution in [0.2, 0.25) is 0 Å². The summed E-state index contributed by atoms with van der Waals surface area (Å²) in [5.74, 6) is -0.971. The van der Waals surface area contributed by atoms with Crippen molar-refractivity contribution in [3.8, 4) is 5.75 Å². The fourth-order valence-corrected chi connectivity index (χ4v) is 4.81. The molecule has 1 aromatic rings. The first-order chi connectivity index (χ1) is 13.8. The summed E-state index contributed by atoms with van der Waals surface area (Å²) in [4.78, 5) is 24.7. The molecule has 1 aromatic carbocycles. The van der Waals surface area contributed by atoms with E-state index in [4.69, 9.17) is 9.47 Å². The molecule has 0 bridgehead atoms. The second-order valence-corrected chi connectivity index (χ2v) is 9.45. The summed E-state index contributed by atoms with van der Waals surface area (Å²) in [5.41, 5.74) is -0.0190. The van der Waals surface area contributed by atoms with Crippen molar-refractivity contribution in [3.63, 3.8) is 0 Å². The number of amides is 1. The van der Waals surface area contributed by atoms with E-state index in [1.54, 1.807) is 0 Å². The van der Waals surface area contributed by atoms with Crippen LogP contribution in [0.1, 0.15) is 55.8 Å². The monoisotopic (exact) mass is 424 g/mol. The van der Waals surface area contributed by atoms with Crippen LogP contribution in [-0.4, -0.2) is 56.9 Å². The standard InChI is InChI=1S/C20H28N2O6S/c1-14(19(23)21-15-7-8-15)28-20(24)17-13-16(9-10-18(17)27-2)29(25,26)22-11-5-3-4-6-12-22/h9-10,13-15H,3-8,11-12H2,1-2H3,(H,21,23)/t14-/m1/s1. The molecule has 8 nitrogen and oxygen atoms in total. The highest BCUT2D eigenvalue weighted by Gasteiger charge is 2.30. The fraction of sp³-hybridized carbons (Fsp3) is 0.600. The molecule has 1 atom stereocenters. The van der Waals surface area contributed by atoms with E-state index in [1.165, 1.54) is 36.5 Å². The van der Waals surface area contributed by atoms with Gasteiger partial charge in [-0.05, 0) is 50.8 Å². The summed E-state index contributed by atoms with van der Waals surface area (Å²) in [6.07, 6.45) is 4.52. The van der Waals surface area contributed by atoms with E-state index < -0.39 is 22.1 Å². The molecule has 0 spiro atoms. The van der Waals surface area contributed by atoms with Gasteiger partial charge in [0, 0.05) is 19.1 Å². The van der Waals surface area contributed by atoms with Gasteiger partial charge in [0.05, 0.1) is 12.0 Å². The molecule has 0 radical (unpaired) electrons. The van der Waals surface area contributed by atoms with Gasteiger partial charge in [-0.15, -0.1) is 0 Å². The Hall–Kier alpha value is -2.13. The molecule has 1 N–H and O–H groups in total. The van der Waals surface area contributed by atoms with Gasteiger partial charge < -0.3 is 14.8 Å². The molecule has 0 unspecified atom stereocenters. The summed E-state index contributed by atoms with van der Waals surface area (Å²) in [7, 11) is -2.34. The second-order valence-electron chi connectivity index (χ2n) is 7.51. The van der Waals surface area contributed by atoms with E-state index in [2.05, 4.69) is 5.32 Å².